The first-order valence-electron chi connectivity index (χ1n) is 8.32. The summed E-state index contributed by atoms with van der Waals surface area (Å²) in [5.74, 6) is -0.484. The van der Waals surface area contributed by atoms with Crippen molar-refractivity contribution < 1.29 is 4.79 Å². The highest BCUT2D eigenvalue weighted by Crippen LogP contribution is 2.29. The van der Waals surface area contributed by atoms with Crippen LogP contribution in [-0.2, 0) is 19.5 Å². The zero-order valence-electron chi connectivity index (χ0n) is 16.0. The van der Waals surface area contributed by atoms with Crippen LogP contribution in [0.25, 0.3) is 0 Å². The van der Waals surface area contributed by atoms with Crippen molar-refractivity contribution in [3.63, 3.8) is 0 Å². The maximum absolute atomic E-state index is 12.8. The lowest BCUT2D eigenvalue weighted by atomic mass is 9.87. The van der Waals surface area contributed by atoms with E-state index >= 15 is 0 Å². The Bertz CT molecular complexity index is 950. The number of nitrogen functional groups attached to an aromatic ring is 1. The van der Waals surface area contributed by atoms with Gasteiger partial charge in [-0.15, -0.1) is 11.8 Å². The zero-order valence-corrected chi connectivity index (χ0v) is 16.8. The van der Waals surface area contributed by atoms with Gasteiger partial charge in [0.1, 0.15) is 11.4 Å². The van der Waals surface area contributed by atoms with Crippen LogP contribution in [0, 0.1) is 0 Å². The van der Waals surface area contributed by atoms with E-state index in [2.05, 4.69) is 20.8 Å². The molecule has 0 aliphatic carbocycles. The first kappa shape index (κ1) is 20.0. The van der Waals surface area contributed by atoms with Crippen molar-refractivity contribution in [1.82, 2.24) is 9.13 Å². The average Bonchev–Trinajstić information content (AvgIpc) is 2.58. The second kappa shape index (κ2) is 7.15. The minimum Gasteiger partial charge on any atom is -0.384 e. The number of nitrogens with two attached hydrogens (primary N) is 1. The van der Waals surface area contributed by atoms with Crippen molar-refractivity contribution in [1.29, 1.82) is 0 Å². The number of Topliss-reactive ketones (excluding diaryl/α,β-unsaturated/α-hetero) is 1. The van der Waals surface area contributed by atoms with E-state index < -0.39 is 16.5 Å². The van der Waals surface area contributed by atoms with Crippen molar-refractivity contribution >= 4 is 23.4 Å². The van der Waals surface area contributed by atoms with Gasteiger partial charge >= 0.3 is 5.69 Å². The Labute approximate surface area is 157 Å². The molecule has 0 bridgehead atoms. The van der Waals surface area contributed by atoms with E-state index in [0.717, 1.165) is 14.0 Å². The first-order valence-corrected chi connectivity index (χ1v) is 9.20. The van der Waals surface area contributed by atoms with Gasteiger partial charge in [-0.3, -0.25) is 18.7 Å². The van der Waals surface area contributed by atoms with E-state index in [0.29, 0.717) is 0 Å². The molecular formula is C19H25N3O3S. The summed E-state index contributed by atoms with van der Waals surface area (Å²) >= 11 is 1.36. The van der Waals surface area contributed by atoms with E-state index in [1.807, 2.05) is 24.3 Å². The molecule has 1 aromatic carbocycles. The highest BCUT2D eigenvalue weighted by molar-refractivity contribution is 8.00. The minimum atomic E-state index is -0.661. The molecule has 0 amide bonds. The summed E-state index contributed by atoms with van der Waals surface area (Å²) in [5, 5.41) is -0.511. The number of thioether (sulfide) groups is 1. The van der Waals surface area contributed by atoms with Crippen LogP contribution in [0.5, 0.6) is 0 Å². The normalized spacial score (nSPS) is 12.8. The van der Waals surface area contributed by atoms with Gasteiger partial charge in [0, 0.05) is 19.0 Å². The Kier molecular flexibility index (Phi) is 5.51. The van der Waals surface area contributed by atoms with E-state index in [4.69, 9.17) is 5.73 Å². The minimum absolute atomic E-state index is 0.0557. The van der Waals surface area contributed by atoms with Gasteiger partial charge in [0.15, 0.2) is 5.78 Å². The average molecular weight is 375 g/mol. The van der Waals surface area contributed by atoms with Crippen LogP contribution in [-0.4, -0.2) is 20.2 Å². The quantitative estimate of drug-likeness (QED) is 0.655. The lowest BCUT2D eigenvalue weighted by Gasteiger charge is -2.19. The molecule has 1 atom stereocenters. The summed E-state index contributed by atoms with van der Waals surface area (Å²) in [4.78, 5) is 38.0. The van der Waals surface area contributed by atoms with Crippen molar-refractivity contribution in [3.05, 3.63) is 56.2 Å². The summed E-state index contributed by atoms with van der Waals surface area (Å²) in [6, 6.07) is 8.02. The number of nitrogens with zero attached hydrogens (tertiary/aromatic N) is 2. The molecule has 0 aliphatic rings. The van der Waals surface area contributed by atoms with Crippen LogP contribution in [0.2, 0.25) is 0 Å². The summed E-state index contributed by atoms with van der Waals surface area (Å²) in [7, 11) is 2.78. The number of hydrogen-bond acceptors (Lipinski definition) is 5. The summed E-state index contributed by atoms with van der Waals surface area (Å²) in [5.41, 5.74) is 5.78. The highest BCUT2D eigenvalue weighted by Gasteiger charge is 2.25. The van der Waals surface area contributed by atoms with Crippen molar-refractivity contribution in [2.75, 3.05) is 5.73 Å². The molecule has 0 fully saturated rings. The zero-order chi connectivity index (χ0) is 19.8. The van der Waals surface area contributed by atoms with Gasteiger partial charge in [0.05, 0.1) is 5.25 Å². The van der Waals surface area contributed by atoms with E-state index in [1.54, 1.807) is 6.92 Å². The molecule has 2 N–H and O–H groups in total. The third-order valence-electron chi connectivity index (χ3n) is 4.36. The fourth-order valence-electron chi connectivity index (χ4n) is 2.59. The van der Waals surface area contributed by atoms with Crippen LogP contribution in [0.4, 0.5) is 5.82 Å². The number of ketones is 1. The monoisotopic (exact) mass is 375 g/mol. The second-order valence-corrected chi connectivity index (χ2v) is 8.78. The smallest absolute Gasteiger partial charge is 0.332 e. The number of benzene rings is 1. The molecule has 2 rings (SSSR count). The third kappa shape index (κ3) is 3.77. The predicted molar refractivity (Wildman–Crippen MR) is 106 cm³/mol. The lowest BCUT2D eigenvalue weighted by molar-refractivity contribution is 0.0992. The predicted octanol–water partition coefficient (Wildman–Crippen LogP) is 2.33. The first-order chi connectivity index (χ1) is 11.9. The third-order valence-corrected chi connectivity index (χ3v) is 5.47. The molecule has 0 unspecified atom stereocenters. The van der Waals surface area contributed by atoms with Gasteiger partial charge in [-0.05, 0) is 30.0 Å². The number of carbonyl (C=O) groups is 1. The van der Waals surface area contributed by atoms with Crippen molar-refractivity contribution in [2.24, 2.45) is 14.1 Å². The van der Waals surface area contributed by atoms with Crippen LogP contribution >= 0.6 is 11.8 Å². The summed E-state index contributed by atoms with van der Waals surface area (Å²) < 4.78 is 2.02. The molecule has 1 heterocycles. The highest BCUT2D eigenvalue weighted by atomic mass is 32.2. The summed E-state index contributed by atoms with van der Waals surface area (Å²) in [6.45, 7) is 8.15. The molecule has 6 nitrogen and oxygen atoms in total. The number of carbonyl (C=O) groups excluding carboxylic acids is 1. The number of aromatic nitrogens is 2. The SMILES string of the molecule is C[C@@H](Sc1ccc(C(C)(C)C)cc1)C(=O)c1c(N)n(C)c(=O)n(C)c1=O. The standard InChI is InChI=1S/C19H25N3O3S/c1-11(26-13-9-7-12(8-10-13)19(2,3)4)15(23)14-16(20)21(5)18(25)22(6)17(14)24/h7-11H,20H2,1-6H3/t11-/m1/s1. The van der Waals surface area contributed by atoms with Crippen LogP contribution in [0.3, 0.4) is 0 Å². The molecule has 7 heteroatoms. The van der Waals surface area contributed by atoms with E-state index in [1.165, 1.54) is 31.4 Å². The largest absolute Gasteiger partial charge is 0.384 e. The molecule has 0 saturated carbocycles. The topological polar surface area (TPSA) is 87.1 Å². The molecule has 0 radical (unpaired) electrons. The van der Waals surface area contributed by atoms with Crippen LogP contribution < -0.4 is 17.0 Å². The van der Waals surface area contributed by atoms with Crippen LogP contribution in [0.1, 0.15) is 43.6 Å². The van der Waals surface area contributed by atoms with Gasteiger partial charge in [0.25, 0.3) is 5.56 Å². The molecule has 1 aromatic heterocycles. The number of rotatable bonds is 4. The van der Waals surface area contributed by atoms with Crippen molar-refractivity contribution in [2.45, 2.75) is 43.3 Å². The van der Waals surface area contributed by atoms with Crippen LogP contribution in [0.15, 0.2) is 38.8 Å². The fraction of sp³-hybridized carbons (Fsp3) is 0.421. The van der Waals surface area contributed by atoms with Gasteiger partial charge in [-0.1, -0.05) is 32.9 Å². The Morgan fingerprint density at radius 2 is 1.62 bits per heavy atom. The second-order valence-electron chi connectivity index (χ2n) is 7.36. The van der Waals surface area contributed by atoms with Gasteiger partial charge in [-0.2, -0.15) is 0 Å². The van der Waals surface area contributed by atoms with E-state index in [9.17, 15) is 14.4 Å². The number of anilines is 1. The molecule has 0 spiro atoms. The lowest BCUT2D eigenvalue weighted by Crippen LogP contribution is -2.42. The van der Waals surface area contributed by atoms with Gasteiger partial charge in [-0.25, -0.2) is 4.79 Å². The van der Waals surface area contributed by atoms with Crippen molar-refractivity contribution in [3.8, 4) is 0 Å². The Morgan fingerprint density at radius 3 is 2.12 bits per heavy atom. The number of hydrogen-bond donors (Lipinski definition) is 1. The fourth-order valence-corrected chi connectivity index (χ4v) is 3.51. The molecule has 0 aliphatic heterocycles. The maximum atomic E-state index is 12.8. The van der Waals surface area contributed by atoms with E-state index in [-0.39, 0.29) is 22.6 Å². The Hall–Kier alpha value is -2.28. The molecule has 140 valence electrons. The Morgan fingerprint density at radius 1 is 1.08 bits per heavy atom. The molecule has 26 heavy (non-hydrogen) atoms. The Balaban J connectivity index is 2.32. The maximum Gasteiger partial charge on any atom is 0.332 e. The van der Waals surface area contributed by atoms with Gasteiger partial charge < -0.3 is 5.73 Å². The summed E-state index contributed by atoms with van der Waals surface area (Å²) in [6.07, 6.45) is 0. The molecule has 2 aromatic rings. The molecular weight excluding hydrogens is 350 g/mol. The molecule has 0 saturated heterocycles. The van der Waals surface area contributed by atoms with Gasteiger partial charge in [0.2, 0.25) is 0 Å².